The maximum absolute atomic E-state index is 12.5. The third-order valence-electron chi connectivity index (χ3n) is 6.65. The van der Waals surface area contributed by atoms with Gasteiger partial charge in [-0.1, -0.05) is 48.5 Å². The van der Waals surface area contributed by atoms with Gasteiger partial charge < -0.3 is 20.5 Å². The summed E-state index contributed by atoms with van der Waals surface area (Å²) in [6.45, 7) is 0.247. The molecule has 0 bridgehead atoms. The fraction of sp³-hybridized carbons (Fsp3) is 0.222. The quantitative estimate of drug-likeness (QED) is 0.392. The van der Waals surface area contributed by atoms with Crippen molar-refractivity contribution in [3.63, 3.8) is 0 Å². The fourth-order valence-electron chi connectivity index (χ4n) is 4.74. The van der Waals surface area contributed by atoms with E-state index < -0.39 is 12.1 Å². The van der Waals surface area contributed by atoms with Gasteiger partial charge in [0.05, 0.1) is 11.3 Å². The van der Waals surface area contributed by atoms with Gasteiger partial charge in [0, 0.05) is 22.4 Å². The molecule has 35 heavy (non-hydrogen) atoms. The van der Waals surface area contributed by atoms with Crippen molar-refractivity contribution < 1.29 is 24.2 Å². The third kappa shape index (κ3) is 4.66. The number of rotatable bonds is 6. The Morgan fingerprint density at radius 2 is 1.57 bits per heavy atom. The number of carboxylic acids is 1. The Balaban J connectivity index is 1.11. The van der Waals surface area contributed by atoms with Crippen LogP contribution in [0.4, 0.5) is 10.5 Å². The van der Waals surface area contributed by atoms with Crippen LogP contribution in [-0.2, 0) is 9.53 Å². The van der Waals surface area contributed by atoms with E-state index in [1.54, 1.807) is 6.07 Å². The number of benzene rings is 3. The van der Waals surface area contributed by atoms with Gasteiger partial charge in [-0.2, -0.15) is 0 Å². The molecular weight excluding hydrogens is 512 g/mol. The first-order chi connectivity index (χ1) is 16.9. The zero-order valence-electron chi connectivity index (χ0n) is 18.7. The zero-order valence-corrected chi connectivity index (χ0v) is 20.2. The predicted molar refractivity (Wildman–Crippen MR) is 134 cm³/mol. The molecule has 0 spiro atoms. The molecule has 0 radical (unpaired) electrons. The number of ether oxygens (including phenoxy) is 1. The summed E-state index contributed by atoms with van der Waals surface area (Å²) in [5.41, 5.74) is 5.30. The molecule has 8 heteroatoms. The van der Waals surface area contributed by atoms with Crippen LogP contribution in [0.25, 0.3) is 11.1 Å². The second kappa shape index (κ2) is 9.54. The standard InChI is InChI=1S/C27H23BrN2O5/c28-23-13-15(26(32)33)9-10-24(23)30-25(31)16-11-17(12-16)29-27(34)35-14-22-20-7-3-1-5-18(20)19-6-2-4-8-21(19)22/h1-10,13,16-17,22H,11-12,14H2,(H,29,34)(H,30,31)(H,32,33). The van der Waals surface area contributed by atoms with E-state index in [-0.39, 0.29) is 36.0 Å². The van der Waals surface area contributed by atoms with Crippen LogP contribution in [0.1, 0.15) is 40.2 Å². The molecule has 0 saturated heterocycles. The lowest BCUT2D eigenvalue weighted by atomic mass is 9.79. The number of amides is 2. The molecule has 0 aromatic heterocycles. The Hall–Kier alpha value is -3.65. The lowest BCUT2D eigenvalue weighted by molar-refractivity contribution is -0.122. The van der Waals surface area contributed by atoms with Crippen molar-refractivity contribution in [2.45, 2.75) is 24.8 Å². The molecular formula is C27H23BrN2O5. The van der Waals surface area contributed by atoms with E-state index in [0.29, 0.717) is 23.0 Å². The number of carbonyl (C=O) groups is 3. The SMILES string of the molecule is O=C(NC1CC(C(=O)Nc2ccc(C(=O)O)cc2Br)C1)OCC1c2ccccc2-c2ccccc21. The number of anilines is 1. The summed E-state index contributed by atoms with van der Waals surface area (Å²) in [5.74, 6) is -1.44. The lowest BCUT2D eigenvalue weighted by Gasteiger charge is -2.34. The smallest absolute Gasteiger partial charge is 0.407 e. The van der Waals surface area contributed by atoms with Gasteiger partial charge >= 0.3 is 12.1 Å². The summed E-state index contributed by atoms with van der Waals surface area (Å²) >= 11 is 3.29. The van der Waals surface area contributed by atoms with E-state index in [2.05, 4.69) is 50.8 Å². The molecule has 2 aliphatic rings. The molecule has 5 rings (SSSR count). The van der Waals surface area contributed by atoms with Gasteiger partial charge in [-0.05, 0) is 69.2 Å². The molecule has 178 valence electrons. The second-order valence-electron chi connectivity index (χ2n) is 8.82. The van der Waals surface area contributed by atoms with E-state index in [1.165, 1.54) is 23.3 Å². The monoisotopic (exact) mass is 534 g/mol. The first kappa shape index (κ1) is 23.1. The number of fused-ring (bicyclic) bond motifs is 3. The molecule has 3 aromatic carbocycles. The number of carboxylic acid groups (broad SMARTS) is 1. The molecule has 1 saturated carbocycles. The highest BCUT2D eigenvalue weighted by Gasteiger charge is 2.36. The van der Waals surface area contributed by atoms with Crippen LogP contribution in [0.5, 0.6) is 0 Å². The van der Waals surface area contributed by atoms with E-state index in [0.717, 1.165) is 11.1 Å². The summed E-state index contributed by atoms with van der Waals surface area (Å²) in [6, 6.07) is 20.7. The van der Waals surface area contributed by atoms with Crippen LogP contribution >= 0.6 is 15.9 Å². The van der Waals surface area contributed by atoms with Gasteiger partial charge in [0.2, 0.25) is 5.91 Å². The van der Waals surface area contributed by atoms with Gasteiger partial charge in [0.25, 0.3) is 0 Å². The highest BCUT2D eigenvalue weighted by Crippen LogP contribution is 2.44. The molecule has 1 fully saturated rings. The van der Waals surface area contributed by atoms with E-state index in [1.807, 2.05) is 24.3 Å². The summed E-state index contributed by atoms with van der Waals surface area (Å²) in [5, 5.41) is 14.7. The number of hydrogen-bond donors (Lipinski definition) is 3. The number of aromatic carboxylic acids is 1. The summed E-state index contributed by atoms with van der Waals surface area (Å²) < 4.78 is 6.08. The Bertz CT molecular complexity index is 1270. The van der Waals surface area contributed by atoms with Crippen molar-refractivity contribution in [3.8, 4) is 11.1 Å². The van der Waals surface area contributed by atoms with Crippen LogP contribution < -0.4 is 10.6 Å². The maximum atomic E-state index is 12.5. The molecule has 3 aromatic rings. The van der Waals surface area contributed by atoms with Gasteiger partial charge in [-0.15, -0.1) is 0 Å². The minimum atomic E-state index is -1.04. The van der Waals surface area contributed by atoms with E-state index >= 15 is 0 Å². The normalized spacial score (nSPS) is 18.1. The number of halogens is 1. The Morgan fingerprint density at radius 3 is 2.17 bits per heavy atom. The minimum Gasteiger partial charge on any atom is -0.478 e. The average molecular weight is 535 g/mol. The second-order valence-corrected chi connectivity index (χ2v) is 9.68. The Morgan fingerprint density at radius 1 is 0.943 bits per heavy atom. The van der Waals surface area contributed by atoms with Crippen LogP contribution in [0.2, 0.25) is 0 Å². The number of nitrogens with one attached hydrogen (secondary N) is 2. The van der Waals surface area contributed by atoms with Crippen LogP contribution in [-0.4, -0.2) is 35.7 Å². The molecule has 0 atom stereocenters. The molecule has 7 nitrogen and oxygen atoms in total. The molecule has 0 aliphatic heterocycles. The van der Waals surface area contributed by atoms with Crippen molar-refractivity contribution in [3.05, 3.63) is 87.9 Å². The first-order valence-corrected chi connectivity index (χ1v) is 12.1. The first-order valence-electron chi connectivity index (χ1n) is 11.4. The molecule has 3 N–H and O–H groups in total. The van der Waals surface area contributed by atoms with Gasteiger partial charge in [-0.3, -0.25) is 4.79 Å². The third-order valence-corrected chi connectivity index (χ3v) is 7.30. The number of carbonyl (C=O) groups excluding carboxylic acids is 2. The van der Waals surface area contributed by atoms with E-state index in [4.69, 9.17) is 9.84 Å². The minimum absolute atomic E-state index is 0.000899. The van der Waals surface area contributed by atoms with E-state index in [9.17, 15) is 14.4 Å². The van der Waals surface area contributed by atoms with Crippen LogP contribution in [0.3, 0.4) is 0 Å². The Kier molecular flexibility index (Phi) is 6.30. The molecule has 0 heterocycles. The molecule has 2 aliphatic carbocycles. The zero-order chi connectivity index (χ0) is 24.5. The summed E-state index contributed by atoms with van der Waals surface area (Å²) in [6.07, 6.45) is 0.546. The highest BCUT2D eigenvalue weighted by molar-refractivity contribution is 9.10. The van der Waals surface area contributed by atoms with Gasteiger partial charge in [0.15, 0.2) is 0 Å². The van der Waals surface area contributed by atoms with Crippen molar-refractivity contribution in [2.75, 3.05) is 11.9 Å². The Labute approximate surface area is 210 Å². The van der Waals surface area contributed by atoms with Gasteiger partial charge in [-0.25, -0.2) is 9.59 Å². The molecule has 2 amide bonds. The maximum Gasteiger partial charge on any atom is 0.407 e. The summed E-state index contributed by atoms with van der Waals surface area (Å²) in [7, 11) is 0. The number of hydrogen-bond acceptors (Lipinski definition) is 4. The van der Waals surface area contributed by atoms with Crippen molar-refractivity contribution >= 4 is 39.6 Å². The predicted octanol–water partition coefficient (Wildman–Crippen LogP) is 5.40. The lowest BCUT2D eigenvalue weighted by Crippen LogP contribution is -2.48. The average Bonchev–Trinajstić information content (AvgIpc) is 3.14. The van der Waals surface area contributed by atoms with Crippen molar-refractivity contribution in [1.29, 1.82) is 0 Å². The van der Waals surface area contributed by atoms with Crippen molar-refractivity contribution in [1.82, 2.24) is 5.32 Å². The highest BCUT2D eigenvalue weighted by atomic mass is 79.9. The topological polar surface area (TPSA) is 105 Å². The summed E-state index contributed by atoms with van der Waals surface area (Å²) in [4.78, 5) is 36.0. The van der Waals surface area contributed by atoms with Crippen molar-refractivity contribution in [2.24, 2.45) is 5.92 Å². The van der Waals surface area contributed by atoms with Crippen LogP contribution in [0, 0.1) is 5.92 Å². The number of alkyl carbamates (subject to hydrolysis) is 1. The molecule has 0 unspecified atom stereocenters. The fourth-order valence-corrected chi connectivity index (χ4v) is 5.22. The van der Waals surface area contributed by atoms with Crippen LogP contribution in [0.15, 0.2) is 71.2 Å². The van der Waals surface area contributed by atoms with Gasteiger partial charge in [0.1, 0.15) is 6.61 Å². The largest absolute Gasteiger partial charge is 0.478 e.